The zero-order valence-electron chi connectivity index (χ0n) is 13.8. The van der Waals surface area contributed by atoms with Gasteiger partial charge in [0.05, 0.1) is 12.2 Å². The van der Waals surface area contributed by atoms with Crippen molar-refractivity contribution in [2.45, 2.75) is 12.7 Å². The van der Waals surface area contributed by atoms with Gasteiger partial charge in [-0.05, 0) is 36.4 Å². The molecule has 1 N–H and O–H groups in total. The number of benzene rings is 2. The summed E-state index contributed by atoms with van der Waals surface area (Å²) in [6.45, 7) is -2.90. The quantitative estimate of drug-likeness (QED) is 0.907. The number of nitrogens with zero attached hydrogens (tertiary/aromatic N) is 1. The van der Waals surface area contributed by atoms with Crippen LogP contribution in [0.25, 0.3) is 0 Å². The number of alkyl halides is 2. The molecule has 2 aromatic rings. The zero-order valence-corrected chi connectivity index (χ0v) is 13.8. The molecule has 3 rings (SSSR count). The van der Waals surface area contributed by atoms with Gasteiger partial charge < -0.3 is 19.7 Å². The third-order valence-electron chi connectivity index (χ3n) is 3.88. The highest BCUT2D eigenvalue weighted by atomic mass is 19.3. The highest BCUT2D eigenvalue weighted by Crippen LogP contribution is 2.34. The molecule has 8 heteroatoms. The third-order valence-corrected chi connectivity index (χ3v) is 3.88. The Morgan fingerprint density at radius 1 is 1.19 bits per heavy atom. The number of amides is 2. The molecule has 1 aliphatic rings. The SMILES string of the molecule is CNC(=O)C1CN(C(=O)c2ccc(OC(F)F)cc2)c2ccccc2O1. The molecule has 136 valence electrons. The Bertz CT molecular complexity index is 811. The summed E-state index contributed by atoms with van der Waals surface area (Å²) in [7, 11) is 1.49. The van der Waals surface area contributed by atoms with E-state index in [0.29, 0.717) is 11.4 Å². The molecule has 0 saturated carbocycles. The number of hydrogen-bond acceptors (Lipinski definition) is 4. The standard InChI is InChI=1S/C18H16F2N2O4/c1-21-16(23)15-10-22(13-4-2-3-5-14(13)26-15)17(24)11-6-8-12(9-7-11)25-18(19)20/h2-9,15,18H,10H2,1H3,(H,21,23). The van der Waals surface area contributed by atoms with Crippen molar-refractivity contribution in [2.75, 3.05) is 18.5 Å². The molecule has 26 heavy (non-hydrogen) atoms. The average Bonchev–Trinajstić information content (AvgIpc) is 2.66. The second-order valence-corrected chi connectivity index (χ2v) is 5.51. The van der Waals surface area contributed by atoms with Crippen molar-refractivity contribution in [3.8, 4) is 11.5 Å². The van der Waals surface area contributed by atoms with E-state index in [4.69, 9.17) is 4.74 Å². The molecule has 1 aliphatic heterocycles. The Morgan fingerprint density at radius 2 is 1.88 bits per heavy atom. The van der Waals surface area contributed by atoms with Crippen LogP contribution in [0.3, 0.4) is 0 Å². The molecule has 2 amide bonds. The Balaban J connectivity index is 1.88. The molecule has 2 aromatic carbocycles. The maximum Gasteiger partial charge on any atom is 0.387 e. The normalized spacial score (nSPS) is 15.8. The number of anilines is 1. The fraction of sp³-hybridized carbons (Fsp3) is 0.222. The number of likely N-dealkylation sites (N-methyl/N-ethyl adjacent to an activating group) is 1. The van der Waals surface area contributed by atoms with Gasteiger partial charge in [0.2, 0.25) is 0 Å². The van der Waals surface area contributed by atoms with Crippen molar-refractivity contribution in [1.29, 1.82) is 0 Å². The fourth-order valence-corrected chi connectivity index (χ4v) is 2.66. The predicted octanol–water partition coefficient (Wildman–Crippen LogP) is 2.44. The Morgan fingerprint density at radius 3 is 2.54 bits per heavy atom. The van der Waals surface area contributed by atoms with Crippen LogP contribution in [0.2, 0.25) is 0 Å². The molecular weight excluding hydrogens is 346 g/mol. The van der Waals surface area contributed by atoms with Gasteiger partial charge in [0.1, 0.15) is 11.5 Å². The van der Waals surface area contributed by atoms with E-state index in [2.05, 4.69) is 10.1 Å². The van der Waals surface area contributed by atoms with E-state index in [9.17, 15) is 18.4 Å². The van der Waals surface area contributed by atoms with Crippen molar-refractivity contribution in [1.82, 2.24) is 5.32 Å². The smallest absolute Gasteiger partial charge is 0.387 e. The number of carbonyl (C=O) groups excluding carboxylic acids is 2. The number of carbonyl (C=O) groups is 2. The maximum atomic E-state index is 12.9. The molecular formula is C18H16F2N2O4. The lowest BCUT2D eigenvalue weighted by molar-refractivity contribution is -0.127. The van der Waals surface area contributed by atoms with E-state index in [1.807, 2.05) is 0 Å². The summed E-state index contributed by atoms with van der Waals surface area (Å²) in [5, 5.41) is 2.50. The number of para-hydroxylation sites is 2. The van der Waals surface area contributed by atoms with Crippen molar-refractivity contribution in [3.63, 3.8) is 0 Å². The molecule has 1 unspecified atom stereocenters. The van der Waals surface area contributed by atoms with E-state index in [-0.39, 0.29) is 29.7 Å². The summed E-state index contributed by atoms with van der Waals surface area (Å²) >= 11 is 0. The van der Waals surface area contributed by atoms with Crippen LogP contribution in [0.15, 0.2) is 48.5 Å². The summed E-state index contributed by atoms with van der Waals surface area (Å²) in [6.07, 6.45) is -0.847. The second-order valence-electron chi connectivity index (χ2n) is 5.51. The lowest BCUT2D eigenvalue weighted by atomic mass is 10.1. The Hall–Kier alpha value is -3.16. The van der Waals surface area contributed by atoms with E-state index >= 15 is 0 Å². The Labute approximate surface area is 148 Å². The van der Waals surface area contributed by atoms with E-state index in [1.165, 1.54) is 36.2 Å². The number of ether oxygens (including phenoxy) is 2. The monoisotopic (exact) mass is 362 g/mol. The summed E-state index contributed by atoms with van der Waals surface area (Å²) in [5.74, 6) is -0.350. The summed E-state index contributed by atoms with van der Waals surface area (Å²) in [4.78, 5) is 26.3. The number of hydrogen-bond donors (Lipinski definition) is 1. The van der Waals surface area contributed by atoms with Crippen molar-refractivity contribution >= 4 is 17.5 Å². The number of rotatable bonds is 4. The van der Waals surface area contributed by atoms with Gasteiger partial charge in [-0.1, -0.05) is 12.1 Å². The highest BCUT2D eigenvalue weighted by molar-refractivity contribution is 6.08. The number of halogens is 2. The molecule has 0 saturated heterocycles. The van der Waals surface area contributed by atoms with Crippen LogP contribution in [0.5, 0.6) is 11.5 Å². The highest BCUT2D eigenvalue weighted by Gasteiger charge is 2.33. The van der Waals surface area contributed by atoms with E-state index in [1.54, 1.807) is 24.3 Å². The van der Waals surface area contributed by atoms with Gasteiger partial charge in [0.25, 0.3) is 11.8 Å². The zero-order chi connectivity index (χ0) is 18.7. The first-order chi connectivity index (χ1) is 12.5. The van der Waals surface area contributed by atoms with Gasteiger partial charge in [-0.25, -0.2) is 0 Å². The van der Waals surface area contributed by atoms with Crippen LogP contribution in [0.1, 0.15) is 10.4 Å². The minimum absolute atomic E-state index is 0.0325. The molecule has 0 fully saturated rings. The van der Waals surface area contributed by atoms with Crippen LogP contribution < -0.4 is 19.7 Å². The Kier molecular flexibility index (Phi) is 5.01. The molecule has 0 aliphatic carbocycles. The van der Waals surface area contributed by atoms with Crippen LogP contribution >= 0.6 is 0 Å². The van der Waals surface area contributed by atoms with Gasteiger partial charge in [0.15, 0.2) is 6.10 Å². The second kappa shape index (κ2) is 7.38. The van der Waals surface area contributed by atoms with Crippen molar-refractivity contribution in [3.05, 3.63) is 54.1 Å². The first kappa shape index (κ1) is 17.7. The maximum absolute atomic E-state index is 12.9. The van der Waals surface area contributed by atoms with Crippen LogP contribution in [0, 0.1) is 0 Å². The fourth-order valence-electron chi connectivity index (χ4n) is 2.66. The molecule has 1 atom stereocenters. The van der Waals surface area contributed by atoms with Gasteiger partial charge in [-0.15, -0.1) is 0 Å². The van der Waals surface area contributed by atoms with Gasteiger partial charge in [-0.2, -0.15) is 8.78 Å². The summed E-state index contributed by atoms with van der Waals surface area (Å²) < 4.78 is 34.4. The molecule has 0 radical (unpaired) electrons. The molecule has 0 spiro atoms. The predicted molar refractivity (Wildman–Crippen MR) is 89.7 cm³/mol. The third kappa shape index (κ3) is 3.58. The molecule has 1 heterocycles. The average molecular weight is 362 g/mol. The first-order valence-electron chi connectivity index (χ1n) is 7.83. The van der Waals surface area contributed by atoms with Crippen molar-refractivity contribution in [2.24, 2.45) is 0 Å². The lowest BCUT2D eigenvalue weighted by Crippen LogP contribution is -2.50. The topological polar surface area (TPSA) is 67.9 Å². The summed E-state index contributed by atoms with van der Waals surface area (Å²) in [5.41, 5.74) is 0.810. The van der Waals surface area contributed by atoms with E-state index in [0.717, 1.165) is 0 Å². The van der Waals surface area contributed by atoms with Crippen LogP contribution in [-0.2, 0) is 4.79 Å². The van der Waals surface area contributed by atoms with Gasteiger partial charge >= 0.3 is 6.61 Å². The number of fused-ring (bicyclic) bond motifs is 1. The first-order valence-corrected chi connectivity index (χ1v) is 7.83. The van der Waals surface area contributed by atoms with Crippen molar-refractivity contribution < 1.29 is 27.8 Å². The molecule has 0 aromatic heterocycles. The molecule has 0 bridgehead atoms. The van der Waals surface area contributed by atoms with E-state index < -0.39 is 12.7 Å². The lowest BCUT2D eigenvalue weighted by Gasteiger charge is -2.34. The minimum atomic E-state index is -2.93. The van der Waals surface area contributed by atoms with Crippen LogP contribution in [0.4, 0.5) is 14.5 Å². The summed E-state index contributed by atoms with van der Waals surface area (Å²) in [6, 6.07) is 12.3. The minimum Gasteiger partial charge on any atom is -0.477 e. The van der Waals surface area contributed by atoms with Gasteiger partial charge in [-0.3, -0.25) is 9.59 Å². The van der Waals surface area contributed by atoms with Gasteiger partial charge in [0, 0.05) is 12.6 Å². The molecule has 6 nitrogen and oxygen atoms in total. The van der Waals surface area contributed by atoms with Crippen LogP contribution in [-0.4, -0.2) is 38.1 Å². The number of nitrogens with one attached hydrogen (secondary N) is 1. The largest absolute Gasteiger partial charge is 0.477 e.